The number of benzene rings is 1. The Balaban J connectivity index is 1.33. The van der Waals surface area contributed by atoms with Gasteiger partial charge in [-0.2, -0.15) is 0 Å². The fourth-order valence-corrected chi connectivity index (χ4v) is 3.31. The van der Waals surface area contributed by atoms with Crippen molar-refractivity contribution in [2.24, 2.45) is 5.16 Å². The monoisotopic (exact) mass is 445 g/mol. The molecule has 2 amide bonds. The van der Waals surface area contributed by atoms with Crippen LogP contribution >= 0.6 is 0 Å². The van der Waals surface area contributed by atoms with E-state index < -0.39 is 30.2 Å². The molecule has 2 aromatic rings. The molecule has 12 heteroatoms. The van der Waals surface area contributed by atoms with Crippen LogP contribution in [0.2, 0.25) is 0 Å². The molecular weight excluding hydrogens is 425 g/mol. The minimum Gasteiger partial charge on any atom is -0.443 e. The number of nitrogens with one attached hydrogen (secondary N) is 1. The van der Waals surface area contributed by atoms with Gasteiger partial charge in [0.25, 0.3) is 0 Å². The Hall–Kier alpha value is -3.96. The lowest BCUT2D eigenvalue weighted by atomic mass is 10.0. The van der Waals surface area contributed by atoms with Gasteiger partial charge in [-0.05, 0) is 12.1 Å². The molecule has 2 aliphatic heterocycles. The van der Waals surface area contributed by atoms with E-state index in [1.165, 1.54) is 47.2 Å². The van der Waals surface area contributed by atoms with E-state index in [0.29, 0.717) is 11.4 Å². The number of aromatic nitrogens is 2. The van der Waals surface area contributed by atoms with Gasteiger partial charge in [0.05, 0.1) is 24.5 Å². The molecule has 0 saturated carbocycles. The maximum Gasteiger partial charge on any atom is 0.419 e. The Morgan fingerprint density at radius 2 is 2.22 bits per heavy atom. The Bertz CT molecular complexity index is 1060. The highest BCUT2D eigenvalue weighted by Crippen LogP contribution is 2.32. The lowest BCUT2D eigenvalue weighted by Crippen LogP contribution is -2.33. The first-order valence-electron chi connectivity index (χ1n) is 9.79. The van der Waals surface area contributed by atoms with Crippen LogP contribution in [0.4, 0.5) is 19.7 Å². The van der Waals surface area contributed by atoms with Crippen LogP contribution in [0.5, 0.6) is 0 Å². The summed E-state index contributed by atoms with van der Waals surface area (Å²) in [5, 5.41) is 6.46. The number of imidazole rings is 1. The van der Waals surface area contributed by atoms with Gasteiger partial charge in [0, 0.05) is 31.3 Å². The zero-order valence-electron chi connectivity index (χ0n) is 17.1. The number of cyclic esters (lactones) is 1. The summed E-state index contributed by atoms with van der Waals surface area (Å²) in [6, 6.07) is 4.32. The van der Waals surface area contributed by atoms with E-state index in [1.807, 2.05) is 0 Å². The molecule has 32 heavy (non-hydrogen) atoms. The molecular formula is C20H20FN5O6. The molecule has 4 rings (SSSR count). The minimum atomic E-state index is -0.677. The van der Waals surface area contributed by atoms with E-state index in [1.54, 1.807) is 6.07 Å². The van der Waals surface area contributed by atoms with Crippen LogP contribution < -0.4 is 10.2 Å². The maximum absolute atomic E-state index is 14.8. The van der Waals surface area contributed by atoms with E-state index in [-0.39, 0.29) is 37.6 Å². The summed E-state index contributed by atoms with van der Waals surface area (Å²) < 4.78 is 26.3. The van der Waals surface area contributed by atoms with Crippen molar-refractivity contribution in [3.8, 4) is 0 Å². The number of rotatable bonds is 6. The standard InChI is InChI=1S/C20H20FN5O6/c1-12(27)23-8-15-9-26(20(29)31-15)14-2-3-16(17(21)7-14)18-6-13(24-32-18)10-30-19(28)25-5-4-22-11-25/h2-5,7,11,15,18H,6,8-10H2,1H3,(H,23,27)/t15-,18?/m0/s1. The fourth-order valence-electron chi connectivity index (χ4n) is 3.31. The lowest BCUT2D eigenvalue weighted by Gasteiger charge is -2.16. The van der Waals surface area contributed by atoms with Gasteiger partial charge >= 0.3 is 12.2 Å². The number of carbonyl (C=O) groups excluding carboxylic acids is 3. The first kappa shape index (κ1) is 21.3. The number of hydrogen-bond donors (Lipinski definition) is 1. The normalized spacial score (nSPS) is 19.9. The number of carbonyl (C=O) groups is 3. The summed E-state index contributed by atoms with van der Waals surface area (Å²) in [6.07, 6.45) is 2.04. The van der Waals surface area contributed by atoms with Gasteiger partial charge in [-0.15, -0.1) is 0 Å². The Morgan fingerprint density at radius 1 is 1.38 bits per heavy atom. The lowest BCUT2D eigenvalue weighted by molar-refractivity contribution is -0.119. The first-order chi connectivity index (χ1) is 15.4. The summed E-state index contributed by atoms with van der Waals surface area (Å²) in [7, 11) is 0. The van der Waals surface area contributed by atoms with Crippen LogP contribution in [0, 0.1) is 5.82 Å². The van der Waals surface area contributed by atoms with Gasteiger partial charge in [-0.25, -0.2) is 23.5 Å². The molecule has 168 valence electrons. The molecule has 0 bridgehead atoms. The number of nitrogens with zero attached hydrogens (tertiary/aromatic N) is 4. The molecule has 1 saturated heterocycles. The quantitative estimate of drug-likeness (QED) is 0.721. The van der Waals surface area contributed by atoms with E-state index in [0.717, 1.165) is 0 Å². The number of amides is 2. The van der Waals surface area contributed by atoms with Crippen LogP contribution in [0.3, 0.4) is 0 Å². The van der Waals surface area contributed by atoms with Crippen molar-refractivity contribution >= 4 is 29.5 Å². The fraction of sp³-hybridized carbons (Fsp3) is 0.350. The predicted molar refractivity (Wildman–Crippen MR) is 108 cm³/mol. The number of ether oxygens (including phenoxy) is 2. The third-order valence-corrected chi connectivity index (χ3v) is 4.90. The molecule has 1 unspecified atom stereocenters. The third kappa shape index (κ3) is 4.68. The van der Waals surface area contributed by atoms with Crippen molar-refractivity contribution in [3.05, 3.63) is 48.3 Å². The summed E-state index contributed by atoms with van der Waals surface area (Å²) in [6.45, 7) is 1.64. The van der Waals surface area contributed by atoms with Crippen molar-refractivity contribution in [3.63, 3.8) is 0 Å². The topological polar surface area (TPSA) is 124 Å². The van der Waals surface area contributed by atoms with Crippen molar-refractivity contribution in [1.29, 1.82) is 0 Å². The summed E-state index contributed by atoms with van der Waals surface area (Å²) in [5.74, 6) is -0.804. The average molecular weight is 445 g/mol. The second-order valence-corrected chi connectivity index (χ2v) is 7.24. The smallest absolute Gasteiger partial charge is 0.419 e. The van der Waals surface area contributed by atoms with Crippen molar-refractivity contribution < 1.29 is 33.1 Å². The van der Waals surface area contributed by atoms with Gasteiger partial charge in [0.2, 0.25) is 5.91 Å². The van der Waals surface area contributed by atoms with Crippen LogP contribution in [0.1, 0.15) is 25.0 Å². The van der Waals surface area contributed by atoms with Gasteiger partial charge in [-0.1, -0.05) is 11.2 Å². The Kier molecular flexibility index (Phi) is 6.01. The van der Waals surface area contributed by atoms with Crippen molar-refractivity contribution in [2.75, 3.05) is 24.6 Å². The van der Waals surface area contributed by atoms with Crippen LogP contribution in [0.25, 0.3) is 0 Å². The highest BCUT2D eigenvalue weighted by atomic mass is 19.1. The number of anilines is 1. The first-order valence-corrected chi connectivity index (χ1v) is 9.79. The molecule has 1 fully saturated rings. The molecule has 1 aromatic carbocycles. The Labute approximate surface area is 181 Å². The Morgan fingerprint density at radius 3 is 2.94 bits per heavy atom. The molecule has 0 spiro atoms. The van der Waals surface area contributed by atoms with Crippen LogP contribution in [0.15, 0.2) is 42.1 Å². The zero-order chi connectivity index (χ0) is 22.7. The zero-order valence-corrected chi connectivity index (χ0v) is 17.1. The molecule has 3 heterocycles. The molecule has 11 nitrogen and oxygen atoms in total. The highest BCUT2D eigenvalue weighted by Gasteiger charge is 2.33. The molecule has 2 aliphatic rings. The summed E-state index contributed by atoms with van der Waals surface area (Å²) >= 11 is 0. The predicted octanol–water partition coefficient (Wildman–Crippen LogP) is 1.99. The number of hydrogen-bond acceptors (Lipinski definition) is 8. The van der Waals surface area contributed by atoms with Gasteiger partial charge in [0.15, 0.2) is 6.10 Å². The molecule has 1 aromatic heterocycles. The summed E-state index contributed by atoms with van der Waals surface area (Å²) in [5.41, 5.74) is 1.04. The molecule has 0 aliphatic carbocycles. The average Bonchev–Trinajstić information content (AvgIpc) is 3.51. The summed E-state index contributed by atoms with van der Waals surface area (Å²) in [4.78, 5) is 45.3. The van der Waals surface area contributed by atoms with E-state index >= 15 is 0 Å². The molecule has 2 atom stereocenters. The SMILES string of the molecule is CC(=O)NC[C@H]1CN(c2ccc(C3CC(COC(=O)n4ccnc4)=NO3)c(F)c2)C(=O)O1. The third-order valence-electron chi connectivity index (χ3n) is 4.90. The maximum atomic E-state index is 14.8. The van der Waals surface area contributed by atoms with Gasteiger partial charge in [0.1, 0.15) is 24.9 Å². The highest BCUT2D eigenvalue weighted by molar-refractivity contribution is 5.90. The number of oxime groups is 1. The van der Waals surface area contributed by atoms with E-state index in [2.05, 4.69) is 15.5 Å². The van der Waals surface area contributed by atoms with E-state index in [4.69, 9.17) is 14.3 Å². The number of halogens is 1. The second kappa shape index (κ2) is 9.04. The van der Waals surface area contributed by atoms with Gasteiger partial charge in [-0.3, -0.25) is 9.69 Å². The minimum absolute atomic E-state index is 0.0947. The molecule has 0 radical (unpaired) electrons. The van der Waals surface area contributed by atoms with Gasteiger partial charge < -0.3 is 19.6 Å². The van der Waals surface area contributed by atoms with Crippen molar-refractivity contribution in [2.45, 2.75) is 25.6 Å². The largest absolute Gasteiger partial charge is 0.443 e. The van der Waals surface area contributed by atoms with E-state index in [9.17, 15) is 18.8 Å². The second-order valence-electron chi connectivity index (χ2n) is 7.24. The molecule has 1 N–H and O–H groups in total. The van der Waals surface area contributed by atoms with Crippen molar-refractivity contribution in [1.82, 2.24) is 14.9 Å². The van der Waals surface area contributed by atoms with Crippen LogP contribution in [-0.2, 0) is 19.1 Å². The van der Waals surface area contributed by atoms with Crippen LogP contribution in [-0.4, -0.2) is 59.2 Å².